The first-order valence-electron chi connectivity index (χ1n) is 4.41. The molecule has 4 nitrogen and oxygen atoms in total. The monoisotopic (exact) mass is 223 g/mol. The number of hydrogen-bond donors (Lipinski definition) is 2. The summed E-state index contributed by atoms with van der Waals surface area (Å²) in [5.41, 5.74) is 6.53. The van der Waals surface area contributed by atoms with E-state index < -0.39 is 0 Å². The Morgan fingerprint density at radius 3 is 2.53 bits per heavy atom. The zero-order valence-corrected chi connectivity index (χ0v) is 8.65. The van der Waals surface area contributed by atoms with Crippen molar-refractivity contribution in [1.82, 2.24) is 9.78 Å². The molecule has 0 aliphatic heterocycles. The van der Waals surface area contributed by atoms with Crippen molar-refractivity contribution in [3.63, 3.8) is 0 Å². The molecule has 0 radical (unpaired) electrons. The molecular weight excluding hydrogens is 214 g/mol. The fourth-order valence-corrected chi connectivity index (χ4v) is 1.43. The van der Waals surface area contributed by atoms with Crippen LogP contribution in [0.2, 0.25) is 5.02 Å². The molecule has 1 aromatic heterocycles. The number of nitrogens with two attached hydrogens (primary N) is 1. The van der Waals surface area contributed by atoms with Crippen molar-refractivity contribution in [3.8, 4) is 5.75 Å². The Balaban J connectivity index is 2.18. The molecule has 15 heavy (non-hydrogen) atoms. The first-order valence-corrected chi connectivity index (χ1v) is 4.79. The lowest BCUT2D eigenvalue weighted by Gasteiger charge is -2.01. The second-order valence-electron chi connectivity index (χ2n) is 3.23. The third-order valence-corrected chi connectivity index (χ3v) is 2.32. The normalized spacial score (nSPS) is 10.5. The molecule has 78 valence electrons. The van der Waals surface area contributed by atoms with Gasteiger partial charge in [-0.1, -0.05) is 23.7 Å². The number of anilines is 1. The van der Waals surface area contributed by atoms with Crippen LogP contribution in [-0.4, -0.2) is 14.9 Å². The molecule has 0 fully saturated rings. The van der Waals surface area contributed by atoms with E-state index in [1.165, 1.54) is 0 Å². The van der Waals surface area contributed by atoms with Crippen LogP contribution in [-0.2, 0) is 6.54 Å². The van der Waals surface area contributed by atoms with Crippen LogP contribution in [0.25, 0.3) is 0 Å². The van der Waals surface area contributed by atoms with Crippen LogP contribution in [0.1, 0.15) is 5.56 Å². The summed E-state index contributed by atoms with van der Waals surface area (Å²) in [6.45, 7) is 0.581. The minimum Gasteiger partial charge on any atom is -0.508 e. The molecule has 5 heteroatoms. The molecule has 0 amide bonds. The van der Waals surface area contributed by atoms with Crippen LogP contribution in [0.4, 0.5) is 5.82 Å². The van der Waals surface area contributed by atoms with Gasteiger partial charge in [0.25, 0.3) is 0 Å². The van der Waals surface area contributed by atoms with E-state index in [1.807, 2.05) is 12.1 Å². The van der Waals surface area contributed by atoms with Gasteiger partial charge >= 0.3 is 0 Å². The summed E-state index contributed by atoms with van der Waals surface area (Å²) in [6.07, 6.45) is 1.67. The molecule has 2 rings (SSSR count). The number of phenols is 1. The number of phenolic OH excluding ortho intramolecular Hbond substituents is 1. The summed E-state index contributed by atoms with van der Waals surface area (Å²) in [5, 5.41) is 13.6. The molecule has 2 aromatic rings. The highest BCUT2D eigenvalue weighted by molar-refractivity contribution is 6.32. The van der Waals surface area contributed by atoms with Gasteiger partial charge in [0.05, 0.1) is 6.54 Å². The SMILES string of the molecule is Nc1nn(Cc2ccc(O)cc2)cc1Cl. The van der Waals surface area contributed by atoms with Crippen LogP contribution >= 0.6 is 11.6 Å². The lowest BCUT2D eigenvalue weighted by atomic mass is 10.2. The standard InChI is InChI=1S/C10H10ClN3O/c11-9-6-14(13-10(9)12)5-7-1-3-8(15)4-2-7/h1-4,6,15H,5H2,(H2,12,13). The summed E-state index contributed by atoms with van der Waals surface area (Å²) in [7, 11) is 0. The van der Waals surface area contributed by atoms with Gasteiger partial charge in [-0.25, -0.2) is 0 Å². The Morgan fingerprint density at radius 2 is 2.00 bits per heavy atom. The van der Waals surface area contributed by atoms with E-state index in [2.05, 4.69) is 5.10 Å². The molecule has 0 saturated heterocycles. The topological polar surface area (TPSA) is 64.1 Å². The molecule has 1 aromatic carbocycles. The largest absolute Gasteiger partial charge is 0.508 e. The lowest BCUT2D eigenvalue weighted by molar-refractivity contribution is 0.475. The van der Waals surface area contributed by atoms with Crippen molar-refractivity contribution in [2.75, 3.05) is 5.73 Å². The van der Waals surface area contributed by atoms with Crippen molar-refractivity contribution >= 4 is 17.4 Å². The molecule has 0 bridgehead atoms. The third-order valence-electron chi connectivity index (χ3n) is 2.02. The molecule has 0 saturated carbocycles. The fourth-order valence-electron chi connectivity index (χ4n) is 1.28. The van der Waals surface area contributed by atoms with Crippen molar-refractivity contribution in [2.45, 2.75) is 6.54 Å². The number of halogens is 1. The molecule has 3 N–H and O–H groups in total. The van der Waals surface area contributed by atoms with Crippen LogP contribution in [0.15, 0.2) is 30.5 Å². The minimum atomic E-state index is 0.247. The second kappa shape index (κ2) is 3.82. The Morgan fingerprint density at radius 1 is 1.33 bits per heavy atom. The zero-order chi connectivity index (χ0) is 10.8. The summed E-state index contributed by atoms with van der Waals surface area (Å²) in [6, 6.07) is 6.90. The van der Waals surface area contributed by atoms with E-state index >= 15 is 0 Å². The number of benzene rings is 1. The maximum Gasteiger partial charge on any atom is 0.164 e. The Hall–Kier alpha value is -1.68. The molecule has 0 spiro atoms. The summed E-state index contributed by atoms with van der Waals surface area (Å²) in [4.78, 5) is 0. The first-order chi connectivity index (χ1) is 7.15. The quantitative estimate of drug-likeness (QED) is 0.817. The van der Waals surface area contributed by atoms with E-state index in [1.54, 1.807) is 23.0 Å². The van der Waals surface area contributed by atoms with E-state index in [-0.39, 0.29) is 5.75 Å². The Labute approximate surface area is 91.9 Å². The van der Waals surface area contributed by atoms with Crippen LogP contribution in [0, 0.1) is 0 Å². The van der Waals surface area contributed by atoms with Crippen molar-refractivity contribution in [1.29, 1.82) is 0 Å². The van der Waals surface area contributed by atoms with E-state index in [9.17, 15) is 0 Å². The highest BCUT2D eigenvalue weighted by atomic mass is 35.5. The van der Waals surface area contributed by atoms with Crippen molar-refractivity contribution < 1.29 is 5.11 Å². The molecule has 0 aliphatic carbocycles. The Bertz CT molecular complexity index is 445. The Kier molecular flexibility index (Phi) is 2.51. The summed E-state index contributed by atoms with van der Waals surface area (Å²) in [5.74, 6) is 0.576. The predicted molar refractivity (Wildman–Crippen MR) is 58.9 cm³/mol. The maximum atomic E-state index is 9.11. The molecule has 1 heterocycles. The van der Waals surface area contributed by atoms with Gasteiger partial charge in [0, 0.05) is 6.20 Å². The van der Waals surface area contributed by atoms with Crippen LogP contribution < -0.4 is 5.73 Å². The number of aromatic hydroxyl groups is 1. The van der Waals surface area contributed by atoms with E-state index in [0.717, 1.165) is 5.56 Å². The average molecular weight is 224 g/mol. The number of nitrogen functional groups attached to an aromatic ring is 1. The van der Waals surface area contributed by atoms with Crippen molar-refractivity contribution in [2.24, 2.45) is 0 Å². The van der Waals surface area contributed by atoms with Gasteiger partial charge in [0.15, 0.2) is 5.82 Å². The third kappa shape index (κ3) is 2.22. The molecule has 0 aliphatic rings. The number of rotatable bonds is 2. The zero-order valence-electron chi connectivity index (χ0n) is 7.89. The average Bonchev–Trinajstić information content (AvgIpc) is 2.50. The van der Waals surface area contributed by atoms with Crippen LogP contribution in [0.5, 0.6) is 5.75 Å². The second-order valence-corrected chi connectivity index (χ2v) is 3.63. The smallest absolute Gasteiger partial charge is 0.164 e. The summed E-state index contributed by atoms with van der Waals surface area (Å²) < 4.78 is 1.66. The highest BCUT2D eigenvalue weighted by Gasteiger charge is 2.02. The minimum absolute atomic E-state index is 0.247. The fraction of sp³-hybridized carbons (Fsp3) is 0.100. The van der Waals surface area contributed by atoms with E-state index in [0.29, 0.717) is 17.4 Å². The first kappa shape index (κ1) is 9.86. The highest BCUT2D eigenvalue weighted by Crippen LogP contribution is 2.17. The lowest BCUT2D eigenvalue weighted by Crippen LogP contribution is -2.00. The number of aromatic nitrogens is 2. The van der Waals surface area contributed by atoms with Gasteiger partial charge in [-0.05, 0) is 17.7 Å². The van der Waals surface area contributed by atoms with Gasteiger partial charge in [0.2, 0.25) is 0 Å². The van der Waals surface area contributed by atoms with Crippen LogP contribution in [0.3, 0.4) is 0 Å². The van der Waals surface area contributed by atoms with Gasteiger partial charge in [-0.15, -0.1) is 0 Å². The molecule has 0 unspecified atom stereocenters. The van der Waals surface area contributed by atoms with E-state index in [4.69, 9.17) is 22.4 Å². The molecule has 0 atom stereocenters. The number of hydrogen-bond acceptors (Lipinski definition) is 3. The summed E-state index contributed by atoms with van der Waals surface area (Å²) >= 11 is 5.77. The van der Waals surface area contributed by atoms with Gasteiger partial charge < -0.3 is 10.8 Å². The van der Waals surface area contributed by atoms with Gasteiger partial charge in [0.1, 0.15) is 10.8 Å². The van der Waals surface area contributed by atoms with Crippen molar-refractivity contribution in [3.05, 3.63) is 41.0 Å². The van der Waals surface area contributed by atoms with Gasteiger partial charge in [-0.3, -0.25) is 4.68 Å². The predicted octanol–water partition coefficient (Wildman–Crippen LogP) is 1.87. The van der Waals surface area contributed by atoms with Gasteiger partial charge in [-0.2, -0.15) is 5.10 Å². The molecular formula is C10H10ClN3O. The number of nitrogens with zero attached hydrogens (tertiary/aromatic N) is 2. The maximum absolute atomic E-state index is 9.11.